The second-order valence-electron chi connectivity index (χ2n) is 10.6. The number of ether oxygens (including phenoxy) is 2. The van der Waals surface area contributed by atoms with Crippen LogP contribution in [0.2, 0.25) is 0 Å². The third-order valence-electron chi connectivity index (χ3n) is 6.64. The topological polar surface area (TPSA) is 138 Å². The number of carbonyl (C=O) groups is 1. The highest BCUT2D eigenvalue weighted by Crippen LogP contribution is 2.46. The van der Waals surface area contributed by atoms with Crippen molar-refractivity contribution in [2.75, 3.05) is 6.61 Å². The molecule has 0 spiro atoms. The summed E-state index contributed by atoms with van der Waals surface area (Å²) in [5.41, 5.74) is 0.977. The summed E-state index contributed by atoms with van der Waals surface area (Å²) in [6, 6.07) is 11.6. The van der Waals surface area contributed by atoms with Crippen LogP contribution in [0.4, 0.5) is 4.39 Å². The van der Waals surface area contributed by atoms with Gasteiger partial charge >= 0.3 is 19.4 Å². The van der Waals surface area contributed by atoms with E-state index in [2.05, 4.69) is 10.1 Å². The molecular formula is C29H35FN3O8P. The molecule has 1 aromatic heterocycles. The quantitative estimate of drug-likeness (QED) is 0.236. The normalized spacial score (nSPS) is 20.7. The lowest BCUT2D eigenvalue weighted by atomic mass is 10.0. The van der Waals surface area contributed by atoms with Crippen molar-refractivity contribution in [1.29, 1.82) is 0 Å². The van der Waals surface area contributed by atoms with Crippen molar-refractivity contribution >= 4 is 13.7 Å². The first-order valence-electron chi connectivity index (χ1n) is 13.6. The van der Waals surface area contributed by atoms with Gasteiger partial charge in [-0.1, -0.05) is 25.1 Å². The highest BCUT2D eigenvalue weighted by molar-refractivity contribution is 7.52. The number of nitrogens with one attached hydrogen (secondary N) is 2. The van der Waals surface area contributed by atoms with Crippen LogP contribution in [-0.2, 0) is 23.4 Å². The molecule has 0 bridgehead atoms. The molecule has 1 saturated heterocycles. The zero-order valence-corrected chi connectivity index (χ0v) is 24.9. The maximum absolute atomic E-state index is 13.9. The smallest absolute Gasteiger partial charge is 0.459 e. The molecule has 0 amide bonds. The Morgan fingerprint density at radius 2 is 1.83 bits per heavy atom. The summed E-state index contributed by atoms with van der Waals surface area (Å²) in [7, 11) is -4.17. The molecule has 42 heavy (non-hydrogen) atoms. The van der Waals surface area contributed by atoms with Crippen molar-refractivity contribution in [3.63, 3.8) is 0 Å². The monoisotopic (exact) mass is 603 g/mol. The Balaban J connectivity index is 1.50. The zero-order chi connectivity index (χ0) is 30.6. The van der Waals surface area contributed by atoms with Gasteiger partial charge in [0.1, 0.15) is 23.8 Å². The molecule has 1 fully saturated rings. The van der Waals surface area contributed by atoms with Crippen LogP contribution in [-0.4, -0.2) is 40.4 Å². The predicted molar refractivity (Wildman–Crippen MR) is 154 cm³/mol. The van der Waals surface area contributed by atoms with E-state index in [4.69, 9.17) is 18.5 Å². The number of hydrogen-bond donors (Lipinski definition) is 2. The summed E-state index contributed by atoms with van der Waals surface area (Å²) in [6.07, 6.45) is 0.211. The van der Waals surface area contributed by atoms with E-state index in [0.717, 1.165) is 11.1 Å². The van der Waals surface area contributed by atoms with Crippen LogP contribution in [0.1, 0.15) is 45.9 Å². The van der Waals surface area contributed by atoms with Crippen molar-refractivity contribution < 1.29 is 32.3 Å². The van der Waals surface area contributed by atoms with E-state index < -0.39 is 43.3 Å². The molecule has 1 aliphatic rings. The Bertz CT molecular complexity index is 1570. The average molecular weight is 604 g/mol. The van der Waals surface area contributed by atoms with E-state index in [9.17, 15) is 23.3 Å². The first-order valence-corrected chi connectivity index (χ1v) is 15.1. The molecule has 13 heteroatoms. The standard InChI is InChI=1S/C29H35FN3O8P/c1-17(2)39-28(35)20(5)32-42(37,41-23-9-6-21(7-10-23)22-8-11-25(30)18(3)14-22)38-16-24-15-19(4)27(40-24)33-13-12-26(34)31-29(33)36/h6-14,17,19-20,24,27H,15-16H2,1-5H3,(H,32,37)(H,31,34,36)/t19?,20-,24?,27?,42?/m0/s1. The maximum atomic E-state index is 13.9. The summed E-state index contributed by atoms with van der Waals surface area (Å²) >= 11 is 0. The Labute approximate surface area is 242 Å². The zero-order valence-electron chi connectivity index (χ0n) is 24.0. The molecule has 3 aromatic rings. The van der Waals surface area contributed by atoms with Gasteiger partial charge in [0.05, 0.1) is 18.8 Å². The predicted octanol–water partition coefficient (Wildman–Crippen LogP) is 4.71. The number of carbonyl (C=O) groups excluding carboxylic acids is 1. The summed E-state index contributed by atoms with van der Waals surface area (Å²) in [5, 5.41) is 2.64. The fraction of sp³-hybridized carbons (Fsp3) is 0.414. The maximum Gasteiger partial charge on any atom is 0.459 e. The minimum atomic E-state index is -4.17. The number of aromatic nitrogens is 2. The van der Waals surface area contributed by atoms with Crippen LogP contribution in [0.5, 0.6) is 5.75 Å². The van der Waals surface area contributed by atoms with Gasteiger partial charge in [0.25, 0.3) is 5.56 Å². The van der Waals surface area contributed by atoms with Crippen LogP contribution in [0.25, 0.3) is 11.1 Å². The number of benzene rings is 2. The van der Waals surface area contributed by atoms with Gasteiger partial charge in [-0.15, -0.1) is 0 Å². The number of aryl methyl sites for hydroxylation is 1. The van der Waals surface area contributed by atoms with E-state index >= 15 is 0 Å². The summed E-state index contributed by atoms with van der Waals surface area (Å²) in [4.78, 5) is 38.4. The van der Waals surface area contributed by atoms with Gasteiger partial charge in [0.15, 0.2) is 0 Å². The largest absolute Gasteiger partial charge is 0.462 e. The minimum absolute atomic E-state index is 0.127. The van der Waals surface area contributed by atoms with Crippen molar-refractivity contribution in [3.8, 4) is 16.9 Å². The molecule has 4 unspecified atom stereocenters. The van der Waals surface area contributed by atoms with Gasteiger partial charge in [-0.2, -0.15) is 5.09 Å². The first kappa shape index (κ1) is 31.4. The van der Waals surface area contributed by atoms with Gasteiger partial charge in [-0.05, 0) is 75.1 Å². The van der Waals surface area contributed by atoms with Crippen molar-refractivity contribution in [2.45, 2.75) is 65.5 Å². The van der Waals surface area contributed by atoms with Crippen LogP contribution < -0.4 is 20.9 Å². The Morgan fingerprint density at radius 3 is 2.48 bits per heavy atom. The Morgan fingerprint density at radius 1 is 1.14 bits per heavy atom. The van der Waals surface area contributed by atoms with Crippen LogP contribution in [0.15, 0.2) is 64.3 Å². The summed E-state index contributed by atoms with van der Waals surface area (Å²) in [6.45, 7) is 8.26. The number of aromatic amines is 1. The number of nitrogens with zero attached hydrogens (tertiary/aromatic N) is 1. The number of H-pyrrole nitrogens is 1. The van der Waals surface area contributed by atoms with E-state index in [1.54, 1.807) is 57.2 Å². The molecule has 0 radical (unpaired) electrons. The Hall–Kier alpha value is -3.57. The molecule has 11 nitrogen and oxygen atoms in total. The number of halogens is 1. The molecule has 4 rings (SSSR count). The second kappa shape index (κ2) is 13.2. The van der Waals surface area contributed by atoms with E-state index in [1.807, 2.05) is 6.92 Å². The molecular weight excluding hydrogens is 568 g/mol. The van der Waals surface area contributed by atoms with Gasteiger partial charge in [0.2, 0.25) is 0 Å². The van der Waals surface area contributed by atoms with Crippen LogP contribution in [0.3, 0.4) is 0 Å². The second-order valence-corrected chi connectivity index (χ2v) is 12.3. The van der Waals surface area contributed by atoms with Gasteiger partial charge in [-0.3, -0.25) is 23.7 Å². The van der Waals surface area contributed by atoms with Crippen molar-refractivity contribution in [2.24, 2.45) is 5.92 Å². The van der Waals surface area contributed by atoms with Gasteiger partial charge in [0, 0.05) is 18.2 Å². The molecule has 226 valence electrons. The van der Waals surface area contributed by atoms with Crippen molar-refractivity contribution in [1.82, 2.24) is 14.6 Å². The minimum Gasteiger partial charge on any atom is -0.462 e. The highest BCUT2D eigenvalue weighted by atomic mass is 31.2. The van der Waals surface area contributed by atoms with E-state index in [0.29, 0.717) is 12.0 Å². The molecule has 0 saturated carbocycles. The summed E-state index contributed by atoms with van der Waals surface area (Å²) < 4.78 is 51.7. The lowest BCUT2D eigenvalue weighted by molar-refractivity contribution is -0.149. The lowest BCUT2D eigenvalue weighted by Gasteiger charge is -2.24. The molecule has 2 heterocycles. The molecule has 2 N–H and O–H groups in total. The first-order chi connectivity index (χ1) is 19.8. The molecule has 2 aromatic carbocycles. The van der Waals surface area contributed by atoms with Crippen LogP contribution in [0, 0.1) is 18.7 Å². The fourth-order valence-corrected chi connectivity index (χ4v) is 6.08. The third kappa shape index (κ3) is 7.83. The summed E-state index contributed by atoms with van der Waals surface area (Å²) in [5.74, 6) is -0.859. The SMILES string of the molecule is Cc1cc(-c2ccc(OP(=O)(N[C@@H](C)C(=O)OC(C)C)OCC3CC(C)C(n4ccc(=O)[nH]c4=O)O3)cc2)ccc1F. The highest BCUT2D eigenvalue weighted by Gasteiger charge is 2.38. The average Bonchev–Trinajstić information content (AvgIpc) is 3.29. The number of esters is 1. The molecule has 1 aliphatic heterocycles. The molecule has 0 aliphatic carbocycles. The van der Waals surface area contributed by atoms with E-state index in [-0.39, 0.29) is 30.2 Å². The fourth-order valence-electron chi connectivity index (χ4n) is 4.56. The number of hydrogen-bond acceptors (Lipinski definition) is 8. The third-order valence-corrected chi connectivity index (χ3v) is 8.28. The van der Waals surface area contributed by atoms with Crippen molar-refractivity contribution in [3.05, 3.63) is 86.9 Å². The van der Waals surface area contributed by atoms with Crippen LogP contribution >= 0.6 is 7.75 Å². The number of rotatable bonds is 11. The van der Waals surface area contributed by atoms with Gasteiger partial charge in [-0.25, -0.2) is 13.8 Å². The van der Waals surface area contributed by atoms with Gasteiger partial charge < -0.3 is 14.0 Å². The Kier molecular flexibility index (Phi) is 9.83. The van der Waals surface area contributed by atoms with E-state index in [1.165, 1.54) is 29.8 Å². The lowest BCUT2D eigenvalue weighted by Crippen LogP contribution is -2.36. The molecule has 5 atom stereocenters.